The number of amides is 1. The molecule has 0 heterocycles. The Labute approximate surface area is 253 Å². The van der Waals surface area contributed by atoms with Crippen molar-refractivity contribution < 1.29 is 37.4 Å². The van der Waals surface area contributed by atoms with Crippen LogP contribution in [-0.4, -0.2) is 71.7 Å². The third-order valence-electron chi connectivity index (χ3n) is 7.36. The number of unbranched alkanes of at least 4 members (excludes halogenated alkanes) is 3. The molecule has 10 heteroatoms. The maximum atomic E-state index is 12.0. The Bertz CT molecular complexity index is 903. The fourth-order valence-electron chi connectivity index (χ4n) is 5.35. The lowest BCUT2D eigenvalue weighted by atomic mass is 9.82. The van der Waals surface area contributed by atoms with Gasteiger partial charge in [-0.25, -0.2) is 9.59 Å². The molecule has 0 bridgehead atoms. The summed E-state index contributed by atoms with van der Waals surface area (Å²) in [6.45, 7) is 9.14. The molecule has 2 rings (SSSR count). The molecule has 0 atom stereocenters. The number of alkyl carbamates (subject to hydrolysis) is 1. The maximum absolute atomic E-state index is 12.0. The number of carboxylic acid groups (broad SMARTS) is 1. The van der Waals surface area contributed by atoms with Gasteiger partial charge in [-0.1, -0.05) is 36.8 Å². The molecule has 9 nitrogen and oxygen atoms in total. The van der Waals surface area contributed by atoms with E-state index in [2.05, 4.69) is 29.6 Å². The molecule has 1 amide bonds. The molecule has 0 saturated heterocycles. The summed E-state index contributed by atoms with van der Waals surface area (Å²) in [6.07, 6.45) is 12.5. The lowest BCUT2D eigenvalue weighted by Gasteiger charge is -2.29. The predicted octanol–water partition coefficient (Wildman–Crippen LogP) is 6.64. The summed E-state index contributed by atoms with van der Waals surface area (Å²) in [5, 5.41) is 11.6. The first-order valence-electron chi connectivity index (χ1n) is 15.8. The molecule has 238 valence electrons. The second-order valence-electron chi connectivity index (χ2n) is 10.6. The predicted molar refractivity (Wildman–Crippen MR) is 166 cm³/mol. The van der Waals surface area contributed by atoms with Gasteiger partial charge < -0.3 is 33.2 Å². The van der Waals surface area contributed by atoms with E-state index >= 15 is 0 Å². The molecule has 0 spiro atoms. The molecule has 1 saturated carbocycles. The zero-order chi connectivity index (χ0) is 30.5. The van der Waals surface area contributed by atoms with Crippen LogP contribution in [0.5, 0.6) is 0 Å². The number of carbonyl (C=O) groups is 2. The summed E-state index contributed by atoms with van der Waals surface area (Å²) < 4.78 is 29.0. The molecule has 0 aliphatic heterocycles. The Hall–Kier alpha value is -2.24. The number of carbonyl (C=O) groups excluding carboxylic acids is 1. The van der Waals surface area contributed by atoms with Crippen LogP contribution in [0, 0.1) is 0 Å². The van der Waals surface area contributed by atoms with Crippen LogP contribution in [0.25, 0.3) is 0 Å². The highest BCUT2D eigenvalue weighted by Crippen LogP contribution is 2.34. The average molecular weight is 608 g/mol. The molecule has 42 heavy (non-hydrogen) atoms. The zero-order valence-corrected chi connectivity index (χ0v) is 26.9. The fraction of sp³-hybridized carbons (Fsp3) is 0.688. The van der Waals surface area contributed by atoms with Gasteiger partial charge in [-0.3, -0.25) is 0 Å². The van der Waals surface area contributed by atoms with Crippen LogP contribution in [0.15, 0.2) is 36.4 Å². The van der Waals surface area contributed by atoms with Crippen molar-refractivity contribution in [1.82, 2.24) is 5.32 Å². The van der Waals surface area contributed by atoms with Gasteiger partial charge in [0.15, 0.2) is 0 Å². The highest BCUT2D eigenvalue weighted by atomic mass is 28.4. The minimum absolute atomic E-state index is 0.332. The van der Waals surface area contributed by atoms with Crippen molar-refractivity contribution >= 4 is 20.9 Å². The number of aliphatic carboxylic acids is 1. The topological polar surface area (TPSA) is 113 Å². The van der Waals surface area contributed by atoms with Crippen LogP contribution >= 0.6 is 0 Å². The van der Waals surface area contributed by atoms with Crippen LogP contribution in [0.2, 0.25) is 6.04 Å². The largest absolute Gasteiger partial charge is 0.500 e. The number of carboxylic acids is 1. The highest BCUT2D eigenvalue weighted by molar-refractivity contribution is 6.60. The minimum Gasteiger partial charge on any atom is -0.478 e. The lowest BCUT2D eigenvalue weighted by Crippen LogP contribution is -2.46. The van der Waals surface area contributed by atoms with E-state index in [1.807, 2.05) is 20.8 Å². The molecular weight excluding hydrogens is 554 g/mol. The molecule has 1 fully saturated rings. The SMILES string of the molecule is CCO[Si](CCCNC(=O)OCCCCCCOC1CCC(c2cccc(CC=CC(=O)O)c2)CC1)(OCC)OCC. The summed E-state index contributed by atoms with van der Waals surface area (Å²) in [5.41, 5.74) is 2.50. The van der Waals surface area contributed by atoms with Crippen LogP contribution in [0.4, 0.5) is 4.79 Å². The van der Waals surface area contributed by atoms with Crippen molar-refractivity contribution in [2.45, 2.75) is 103 Å². The van der Waals surface area contributed by atoms with E-state index in [4.69, 9.17) is 27.9 Å². The Balaban J connectivity index is 1.49. The Kier molecular flexibility index (Phi) is 18.4. The number of hydrogen-bond donors (Lipinski definition) is 2. The number of benzene rings is 1. The van der Waals surface area contributed by atoms with Gasteiger partial charge in [-0.2, -0.15) is 0 Å². The number of hydrogen-bond acceptors (Lipinski definition) is 7. The van der Waals surface area contributed by atoms with Gasteiger partial charge in [0.2, 0.25) is 0 Å². The molecule has 1 aromatic rings. The smallest absolute Gasteiger partial charge is 0.478 e. The molecule has 2 N–H and O–H groups in total. The second-order valence-corrected chi connectivity index (χ2v) is 13.3. The highest BCUT2D eigenvalue weighted by Gasteiger charge is 2.39. The summed E-state index contributed by atoms with van der Waals surface area (Å²) >= 11 is 0. The quantitative estimate of drug-likeness (QED) is 0.0857. The third kappa shape index (κ3) is 14.8. The summed E-state index contributed by atoms with van der Waals surface area (Å²) in [6, 6.07) is 9.19. The van der Waals surface area contributed by atoms with Gasteiger partial charge in [0.05, 0.1) is 12.7 Å². The first-order chi connectivity index (χ1) is 20.4. The van der Waals surface area contributed by atoms with Crippen molar-refractivity contribution in [2.24, 2.45) is 0 Å². The summed E-state index contributed by atoms with van der Waals surface area (Å²) in [4.78, 5) is 22.7. The normalized spacial score (nSPS) is 17.4. The molecule has 0 radical (unpaired) electrons. The van der Waals surface area contributed by atoms with Gasteiger partial charge in [0, 0.05) is 45.1 Å². The van der Waals surface area contributed by atoms with E-state index in [1.54, 1.807) is 6.08 Å². The number of rotatable bonds is 22. The minimum atomic E-state index is -2.67. The zero-order valence-electron chi connectivity index (χ0n) is 25.9. The van der Waals surface area contributed by atoms with E-state index in [-0.39, 0.29) is 6.09 Å². The number of allylic oxidation sites excluding steroid dienone is 1. The second kappa shape index (κ2) is 21.4. The van der Waals surface area contributed by atoms with E-state index in [1.165, 1.54) is 11.6 Å². The molecule has 0 aromatic heterocycles. The van der Waals surface area contributed by atoms with Crippen molar-refractivity contribution in [3.63, 3.8) is 0 Å². The maximum Gasteiger partial charge on any atom is 0.500 e. The van der Waals surface area contributed by atoms with Gasteiger partial charge >= 0.3 is 20.9 Å². The third-order valence-corrected chi connectivity index (χ3v) is 10.5. The Morgan fingerprint density at radius 1 is 0.929 bits per heavy atom. The number of ether oxygens (including phenoxy) is 2. The van der Waals surface area contributed by atoms with Gasteiger partial charge in [0.25, 0.3) is 0 Å². The van der Waals surface area contributed by atoms with Crippen LogP contribution in [0.3, 0.4) is 0 Å². The first-order valence-corrected chi connectivity index (χ1v) is 17.8. The lowest BCUT2D eigenvalue weighted by molar-refractivity contribution is -0.131. The fourth-order valence-corrected chi connectivity index (χ4v) is 7.97. The molecule has 1 aliphatic rings. The van der Waals surface area contributed by atoms with Gasteiger partial charge in [0.1, 0.15) is 0 Å². The Morgan fingerprint density at radius 2 is 1.60 bits per heavy atom. The van der Waals surface area contributed by atoms with Gasteiger partial charge in [-0.15, -0.1) is 0 Å². The van der Waals surface area contributed by atoms with Crippen LogP contribution in [-0.2, 0) is 34.0 Å². The molecule has 1 aromatic carbocycles. The van der Waals surface area contributed by atoms with E-state index in [0.29, 0.717) is 63.9 Å². The molecule has 1 aliphatic carbocycles. The number of nitrogens with one attached hydrogen (secondary N) is 1. The van der Waals surface area contributed by atoms with E-state index in [0.717, 1.165) is 63.5 Å². The van der Waals surface area contributed by atoms with Crippen molar-refractivity contribution in [2.75, 3.05) is 39.6 Å². The van der Waals surface area contributed by atoms with Crippen molar-refractivity contribution in [1.29, 1.82) is 0 Å². The Morgan fingerprint density at radius 3 is 2.24 bits per heavy atom. The standard InChI is InChI=1S/C32H53NO8Si/c1-4-39-42(40-5-2,41-6-3)25-13-22-33-32(36)38-24-10-8-7-9-23-37-30-20-18-28(19-21-30)29-16-11-14-27(26-29)15-12-17-31(34)35/h11-12,14,16-17,26,28,30H,4-10,13,15,18-25H2,1-3H3,(H,33,36)(H,34,35). The van der Waals surface area contributed by atoms with E-state index in [9.17, 15) is 9.59 Å². The monoisotopic (exact) mass is 607 g/mol. The molecular formula is C32H53NO8Si. The summed E-state index contributed by atoms with van der Waals surface area (Å²) in [7, 11) is -2.67. The average Bonchev–Trinajstić information content (AvgIpc) is 2.97. The van der Waals surface area contributed by atoms with Crippen molar-refractivity contribution in [3.05, 3.63) is 47.5 Å². The van der Waals surface area contributed by atoms with Crippen LogP contribution < -0.4 is 5.32 Å². The van der Waals surface area contributed by atoms with Crippen LogP contribution in [0.1, 0.15) is 95.6 Å². The molecule has 0 unspecified atom stereocenters. The van der Waals surface area contributed by atoms with E-state index < -0.39 is 14.8 Å². The first kappa shape index (κ1) is 36.0. The van der Waals surface area contributed by atoms with Crippen molar-refractivity contribution in [3.8, 4) is 0 Å². The summed E-state index contributed by atoms with van der Waals surface area (Å²) in [5.74, 6) is -0.366. The van der Waals surface area contributed by atoms with Gasteiger partial charge in [-0.05, 0) is 95.6 Å².